The van der Waals surface area contributed by atoms with E-state index in [4.69, 9.17) is 11.6 Å². The molecule has 142 valence electrons. The zero-order valence-corrected chi connectivity index (χ0v) is 16.4. The second-order valence-corrected chi connectivity index (χ2v) is 7.18. The molecule has 28 heavy (non-hydrogen) atoms. The third-order valence-corrected chi connectivity index (χ3v) is 5.11. The highest BCUT2D eigenvalue weighted by Gasteiger charge is 2.12. The van der Waals surface area contributed by atoms with E-state index in [1.165, 1.54) is 11.1 Å². The first-order chi connectivity index (χ1) is 13.5. The van der Waals surface area contributed by atoms with Gasteiger partial charge in [0.05, 0.1) is 27.9 Å². The number of imidazole rings is 2. The molecule has 6 nitrogen and oxygen atoms in total. The number of aromatic nitrogens is 4. The molecule has 2 aromatic heterocycles. The number of fused-ring (bicyclic) bond motifs is 1. The lowest BCUT2D eigenvalue weighted by Crippen LogP contribution is -2.26. The molecule has 0 unspecified atom stereocenters. The summed E-state index contributed by atoms with van der Waals surface area (Å²) >= 11 is 6.31. The normalized spacial score (nSPS) is 11.1. The highest BCUT2D eigenvalue weighted by Crippen LogP contribution is 2.20. The number of hydrogen-bond acceptors (Lipinski definition) is 3. The molecule has 0 fully saturated rings. The van der Waals surface area contributed by atoms with Crippen LogP contribution in [-0.4, -0.2) is 32.0 Å². The average molecular weight is 394 g/mol. The molecule has 2 N–H and O–H groups in total. The molecule has 0 aliphatic rings. The zero-order chi connectivity index (χ0) is 19.7. The van der Waals surface area contributed by atoms with Crippen LogP contribution in [-0.2, 0) is 6.42 Å². The summed E-state index contributed by atoms with van der Waals surface area (Å²) in [6.07, 6.45) is 5.81. The number of nitrogens with one attached hydrogen (secondary N) is 2. The molecule has 7 heteroatoms. The predicted molar refractivity (Wildman–Crippen MR) is 110 cm³/mol. The molecule has 0 bridgehead atoms. The Labute approximate surface area is 167 Å². The van der Waals surface area contributed by atoms with Gasteiger partial charge < -0.3 is 14.9 Å². The second kappa shape index (κ2) is 7.48. The van der Waals surface area contributed by atoms with E-state index < -0.39 is 0 Å². The first kappa shape index (κ1) is 18.3. The van der Waals surface area contributed by atoms with Crippen molar-refractivity contribution >= 4 is 28.5 Å². The first-order valence-electron chi connectivity index (χ1n) is 9.03. The maximum atomic E-state index is 12.5. The lowest BCUT2D eigenvalue weighted by atomic mass is 10.1. The Morgan fingerprint density at radius 3 is 2.79 bits per heavy atom. The average Bonchev–Trinajstić information content (AvgIpc) is 3.32. The summed E-state index contributed by atoms with van der Waals surface area (Å²) in [5.74, 6) is 0.645. The SMILES string of the molecule is Cc1cc2nc(CCNC(=O)c3ccc(-n4ccnc4)cc3Cl)[nH]c2cc1C. The van der Waals surface area contributed by atoms with E-state index in [0.29, 0.717) is 23.6 Å². The van der Waals surface area contributed by atoms with Crippen molar-refractivity contribution < 1.29 is 4.79 Å². The standard InChI is InChI=1S/C21H20ClN5O/c1-13-9-18-19(10-14(13)2)26-20(25-18)5-6-24-21(28)16-4-3-15(11-17(16)22)27-8-7-23-12-27/h3-4,7-12H,5-6H2,1-2H3,(H,24,28)(H,25,26). The summed E-state index contributed by atoms with van der Waals surface area (Å²) in [4.78, 5) is 24.4. The van der Waals surface area contributed by atoms with E-state index in [-0.39, 0.29) is 5.91 Å². The van der Waals surface area contributed by atoms with E-state index in [0.717, 1.165) is 22.5 Å². The predicted octanol–water partition coefficient (Wildman–Crippen LogP) is 3.99. The number of aryl methyl sites for hydroxylation is 2. The number of H-pyrrole nitrogens is 1. The molecule has 4 aromatic rings. The molecule has 2 aromatic carbocycles. The quantitative estimate of drug-likeness (QED) is 0.538. The van der Waals surface area contributed by atoms with Gasteiger partial charge >= 0.3 is 0 Å². The Morgan fingerprint density at radius 1 is 1.21 bits per heavy atom. The molecular weight excluding hydrogens is 374 g/mol. The van der Waals surface area contributed by atoms with Gasteiger partial charge in [-0.2, -0.15) is 0 Å². The van der Waals surface area contributed by atoms with Gasteiger partial charge in [-0.1, -0.05) is 11.6 Å². The maximum absolute atomic E-state index is 12.5. The number of rotatable bonds is 5. The fraction of sp³-hybridized carbons (Fsp3) is 0.190. The van der Waals surface area contributed by atoms with Crippen LogP contribution in [0.3, 0.4) is 0 Å². The van der Waals surface area contributed by atoms with E-state index >= 15 is 0 Å². The Bertz CT molecular complexity index is 1110. The molecular formula is C21H20ClN5O. The van der Waals surface area contributed by atoms with Crippen molar-refractivity contribution in [2.24, 2.45) is 0 Å². The fourth-order valence-electron chi connectivity index (χ4n) is 3.09. The van der Waals surface area contributed by atoms with E-state index in [2.05, 4.69) is 46.2 Å². The molecule has 0 aliphatic heterocycles. The number of halogens is 1. The number of hydrogen-bond donors (Lipinski definition) is 2. The van der Waals surface area contributed by atoms with Crippen molar-refractivity contribution in [2.75, 3.05) is 6.54 Å². The summed E-state index contributed by atoms with van der Waals surface area (Å²) in [7, 11) is 0. The minimum Gasteiger partial charge on any atom is -0.352 e. The highest BCUT2D eigenvalue weighted by atomic mass is 35.5. The van der Waals surface area contributed by atoms with Crippen LogP contribution in [0.15, 0.2) is 49.1 Å². The number of benzene rings is 2. The van der Waals surface area contributed by atoms with Gasteiger partial charge in [0.15, 0.2) is 0 Å². The van der Waals surface area contributed by atoms with Crippen LogP contribution in [0.1, 0.15) is 27.3 Å². The van der Waals surface area contributed by atoms with Crippen molar-refractivity contribution in [2.45, 2.75) is 20.3 Å². The molecule has 4 rings (SSSR count). The van der Waals surface area contributed by atoms with Gasteiger partial charge in [-0.3, -0.25) is 4.79 Å². The van der Waals surface area contributed by atoms with Crippen molar-refractivity contribution in [1.82, 2.24) is 24.8 Å². The molecule has 1 amide bonds. The van der Waals surface area contributed by atoms with Crippen LogP contribution in [0.5, 0.6) is 0 Å². The Kier molecular flexibility index (Phi) is 4.88. The molecule has 0 saturated carbocycles. The summed E-state index contributed by atoms with van der Waals surface area (Å²) in [6.45, 7) is 4.62. The molecule has 2 heterocycles. The summed E-state index contributed by atoms with van der Waals surface area (Å²) < 4.78 is 1.83. The number of carbonyl (C=O) groups excluding carboxylic acids is 1. The smallest absolute Gasteiger partial charge is 0.252 e. The Morgan fingerprint density at radius 2 is 2.04 bits per heavy atom. The van der Waals surface area contributed by atoms with Gasteiger partial charge in [0, 0.05) is 31.0 Å². The minimum atomic E-state index is -0.204. The summed E-state index contributed by atoms with van der Waals surface area (Å²) in [6, 6.07) is 9.49. The Hall–Kier alpha value is -3.12. The van der Waals surface area contributed by atoms with Crippen molar-refractivity contribution in [3.63, 3.8) is 0 Å². The van der Waals surface area contributed by atoms with Gasteiger partial charge in [0.2, 0.25) is 0 Å². The van der Waals surface area contributed by atoms with Crippen LogP contribution in [0.2, 0.25) is 5.02 Å². The van der Waals surface area contributed by atoms with E-state index in [1.807, 2.05) is 16.8 Å². The van der Waals surface area contributed by atoms with Gasteiger partial charge in [0.25, 0.3) is 5.91 Å². The minimum absolute atomic E-state index is 0.204. The number of aromatic amines is 1. The lowest BCUT2D eigenvalue weighted by Gasteiger charge is -2.08. The van der Waals surface area contributed by atoms with Gasteiger partial charge in [0.1, 0.15) is 5.82 Å². The topological polar surface area (TPSA) is 75.6 Å². The molecule has 0 spiro atoms. The summed E-state index contributed by atoms with van der Waals surface area (Å²) in [5.41, 5.74) is 5.70. The molecule has 0 atom stereocenters. The van der Waals surface area contributed by atoms with E-state index in [9.17, 15) is 4.79 Å². The molecule has 0 saturated heterocycles. The maximum Gasteiger partial charge on any atom is 0.252 e. The van der Waals surface area contributed by atoms with Crippen LogP contribution in [0.4, 0.5) is 0 Å². The van der Waals surface area contributed by atoms with Crippen molar-refractivity contribution in [1.29, 1.82) is 0 Å². The fourth-order valence-corrected chi connectivity index (χ4v) is 3.35. The lowest BCUT2D eigenvalue weighted by molar-refractivity contribution is 0.0954. The highest BCUT2D eigenvalue weighted by molar-refractivity contribution is 6.34. The monoisotopic (exact) mass is 393 g/mol. The van der Waals surface area contributed by atoms with Gasteiger partial charge in [-0.05, 0) is 55.3 Å². The van der Waals surface area contributed by atoms with E-state index in [1.54, 1.807) is 24.7 Å². The zero-order valence-electron chi connectivity index (χ0n) is 15.7. The largest absolute Gasteiger partial charge is 0.352 e. The van der Waals surface area contributed by atoms with Gasteiger partial charge in [-0.25, -0.2) is 9.97 Å². The number of carbonyl (C=O) groups is 1. The number of nitrogens with zero attached hydrogens (tertiary/aromatic N) is 3. The number of amides is 1. The van der Waals surface area contributed by atoms with Crippen LogP contribution >= 0.6 is 11.6 Å². The van der Waals surface area contributed by atoms with Crippen LogP contribution in [0, 0.1) is 13.8 Å². The molecule has 0 aliphatic carbocycles. The second-order valence-electron chi connectivity index (χ2n) is 6.78. The molecule has 0 radical (unpaired) electrons. The summed E-state index contributed by atoms with van der Waals surface area (Å²) in [5, 5.41) is 3.31. The van der Waals surface area contributed by atoms with Crippen LogP contribution < -0.4 is 5.32 Å². The van der Waals surface area contributed by atoms with Gasteiger partial charge in [-0.15, -0.1) is 0 Å². The van der Waals surface area contributed by atoms with Crippen molar-refractivity contribution in [3.05, 3.63) is 76.6 Å². The third-order valence-electron chi connectivity index (χ3n) is 4.79. The first-order valence-corrected chi connectivity index (χ1v) is 9.41. The van der Waals surface area contributed by atoms with Crippen molar-refractivity contribution in [3.8, 4) is 5.69 Å². The van der Waals surface area contributed by atoms with Crippen LogP contribution in [0.25, 0.3) is 16.7 Å². The Balaban J connectivity index is 1.40. The third kappa shape index (κ3) is 3.64.